The topological polar surface area (TPSA) is 140 Å². The largest absolute Gasteiger partial charge is 0.494 e. The summed E-state index contributed by atoms with van der Waals surface area (Å²) in [4.78, 5) is 43.3. The molecule has 4 rings (SSSR count). The van der Waals surface area contributed by atoms with Gasteiger partial charge in [-0.25, -0.2) is 14.6 Å². The Morgan fingerprint density at radius 2 is 1.40 bits per heavy atom. The average molecular weight is 402 g/mol. The lowest BCUT2D eigenvalue weighted by molar-refractivity contribution is -0.132. The van der Waals surface area contributed by atoms with Crippen LogP contribution in [0.3, 0.4) is 0 Å². The number of aromatic nitrogens is 1. The standard InChI is InChI=1S/C22H14N2O6/c25-19-13(15(21(27)28)17(23-19)11-7-3-1-4-8-11)14-16(22(29)30)18(24-20(14)26)12-9-5-2-6-10-12/h1-10,23,25H,(H,27,28)(H,29,30). The van der Waals surface area contributed by atoms with Crippen molar-refractivity contribution in [3.63, 3.8) is 0 Å². The molecule has 0 fully saturated rings. The SMILES string of the molecule is O=C(O)C1=C(c2c(O)[nH]c(-c3ccccc3)c2C(=O)O)C(=O)N=C1c1ccccc1. The molecule has 0 saturated carbocycles. The molecule has 0 aliphatic carbocycles. The molecule has 1 aliphatic rings. The van der Waals surface area contributed by atoms with Crippen LogP contribution < -0.4 is 0 Å². The van der Waals surface area contributed by atoms with Crippen molar-refractivity contribution in [3.05, 3.63) is 82.9 Å². The highest BCUT2D eigenvalue weighted by Gasteiger charge is 2.38. The van der Waals surface area contributed by atoms with E-state index in [2.05, 4.69) is 9.98 Å². The van der Waals surface area contributed by atoms with Gasteiger partial charge in [0.05, 0.1) is 33.7 Å². The summed E-state index contributed by atoms with van der Waals surface area (Å²) in [6, 6.07) is 16.5. The van der Waals surface area contributed by atoms with Gasteiger partial charge >= 0.3 is 11.9 Å². The second-order valence-electron chi connectivity index (χ2n) is 6.46. The quantitative estimate of drug-likeness (QED) is 0.517. The first-order valence-corrected chi connectivity index (χ1v) is 8.80. The van der Waals surface area contributed by atoms with Crippen molar-refractivity contribution < 1.29 is 29.7 Å². The van der Waals surface area contributed by atoms with Crippen LogP contribution in [-0.2, 0) is 9.59 Å². The van der Waals surface area contributed by atoms with E-state index in [-0.39, 0.29) is 11.4 Å². The van der Waals surface area contributed by atoms with Crippen LogP contribution in [0.25, 0.3) is 16.8 Å². The molecule has 0 unspecified atom stereocenters. The summed E-state index contributed by atoms with van der Waals surface area (Å²) < 4.78 is 0. The predicted molar refractivity (Wildman–Crippen MR) is 107 cm³/mol. The lowest BCUT2D eigenvalue weighted by Crippen LogP contribution is -2.13. The van der Waals surface area contributed by atoms with Gasteiger partial charge in [-0.15, -0.1) is 0 Å². The highest BCUT2D eigenvalue weighted by Crippen LogP contribution is 2.40. The van der Waals surface area contributed by atoms with Gasteiger partial charge in [-0.2, -0.15) is 0 Å². The minimum atomic E-state index is -1.46. The Kier molecular flexibility index (Phi) is 4.51. The van der Waals surface area contributed by atoms with Crippen molar-refractivity contribution in [2.75, 3.05) is 0 Å². The van der Waals surface area contributed by atoms with E-state index in [4.69, 9.17) is 0 Å². The maximum Gasteiger partial charge on any atom is 0.338 e. The Labute approximate surface area is 169 Å². The van der Waals surface area contributed by atoms with E-state index in [9.17, 15) is 29.7 Å². The zero-order valence-electron chi connectivity index (χ0n) is 15.3. The van der Waals surface area contributed by atoms with Crippen LogP contribution in [0.4, 0.5) is 0 Å². The van der Waals surface area contributed by atoms with Gasteiger partial charge in [0.1, 0.15) is 0 Å². The van der Waals surface area contributed by atoms with E-state index >= 15 is 0 Å². The van der Waals surface area contributed by atoms with E-state index in [1.54, 1.807) is 60.7 Å². The van der Waals surface area contributed by atoms with Crippen molar-refractivity contribution in [2.45, 2.75) is 0 Å². The number of benzene rings is 2. The first kappa shape index (κ1) is 18.9. The number of nitrogens with zero attached hydrogens (tertiary/aromatic N) is 1. The molecule has 0 atom stereocenters. The minimum absolute atomic E-state index is 0.0498. The molecule has 30 heavy (non-hydrogen) atoms. The number of aliphatic imine (C=N–C) groups is 1. The third-order valence-corrected chi connectivity index (χ3v) is 4.68. The molecule has 4 N–H and O–H groups in total. The Balaban J connectivity index is 2.01. The Hall–Kier alpha value is -4.46. The number of aliphatic carboxylic acids is 1. The maximum atomic E-state index is 12.7. The number of hydrogen-bond acceptors (Lipinski definition) is 4. The molecule has 3 aromatic rings. The number of carboxylic acids is 2. The second-order valence-corrected chi connectivity index (χ2v) is 6.46. The minimum Gasteiger partial charge on any atom is -0.494 e. The molecule has 8 nitrogen and oxygen atoms in total. The van der Waals surface area contributed by atoms with Crippen molar-refractivity contribution in [3.8, 4) is 17.1 Å². The first-order chi connectivity index (χ1) is 14.4. The van der Waals surface area contributed by atoms with E-state index in [1.165, 1.54) is 0 Å². The number of nitrogens with one attached hydrogen (secondary N) is 1. The van der Waals surface area contributed by atoms with Crippen LogP contribution in [0, 0.1) is 0 Å². The third kappa shape index (κ3) is 2.96. The van der Waals surface area contributed by atoms with Crippen molar-refractivity contribution >= 4 is 29.1 Å². The number of aromatic carboxylic acids is 1. The van der Waals surface area contributed by atoms with Gasteiger partial charge in [-0.3, -0.25) is 4.79 Å². The smallest absolute Gasteiger partial charge is 0.338 e. The number of rotatable bonds is 5. The summed E-state index contributed by atoms with van der Waals surface area (Å²) in [6.45, 7) is 0. The van der Waals surface area contributed by atoms with E-state index in [1.807, 2.05) is 0 Å². The number of amides is 1. The van der Waals surface area contributed by atoms with Gasteiger partial charge in [0.2, 0.25) is 0 Å². The molecule has 8 heteroatoms. The molecule has 2 aromatic carbocycles. The van der Waals surface area contributed by atoms with Gasteiger partial charge in [0.15, 0.2) is 5.88 Å². The maximum absolute atomic E-state index is 12.7. The zero-order valence-corrected chi connectivity index (χ0v) is 15.3. The summed E-state index contributed by atoms with van der Waals surface area (Å²) in [5.74, 6) is -4.46. The summed E-state index contributed by atoms with van der Waals surface area (Å²) in [5.41, 5.74) is -0.979. The molecule has 0 radical (unpaired) electrons. The van der Waals surface area contributed by atoms with E-state index < -0.39 is 46.0 Å². The fourth-order valence-electron chi connectivity index (χ4n) is 3.45. The molecule has 1 aliphatic heterocycles. The predicted octanol–water partition coefficient (Wildman–Crippen LogP) is 2.95. The molecule has 2 heterocycles. The zero-order chi connectivity index (χ0) is 21.4. The van der Waals surface area contributed by atoms with Crippen LogP contribution in [0.5, 0.6) is 5.88 Å². The lowest BCUT2D eigenvalue weighted by atomic mass is 9.93. The summed E-state index contributed by atoms with van der Waals surface area (Å²) in [5, 5.41) is 30.1. The van der Waals surface area contributed by atoms with Gasteiger partial charge in [0.25, 0.3) is 5.91 Å². The molecule has 0 bridgehead atoms. The second kappa shape index (κ2) is 7.17. The Morgan fingerprint density at radius 3 is 1.93 bits per heavy atom. The fraction of sp³-hybridized carbons (Fsp3) is 0. The van der Waals surface area contributed by atoms with Crippen LogP contribution >= 0.6 is 0 Å². The number of hydrogen-bond donors (Lipinski definition) is 4. The third-order valence-electron chi connectivity index (χ3n) is 4.68. The number of H-pyrrole nitrogens is 1. The number of aromatic hydroxyl groups is 1. The first-order valence-electron chi connectivity index (χ1n) is 8.80. The Morgan fingerprint density at radius 1 is 0.833 bits per heavy atom. The van der Waals surface area contributed by atoms with Crippen LogP contribution in [0.15, 0.2) is 71.2 Å². The van der Waals surface area contributed by atoms with E-state index in [0.717, 1.165) is 0 Å². The molecule has 1 aromatic heterocycles. The molecule has 1 amide bonds. The normalized spacial score (nSPS) is 13.5. The van der Waals surface area contributed by atoms with Gasteiger partial charge < -0.3 is 20.3 Å². The highest BCUT2D eigenvalue weighted by atomic mass is 16.4. The highest BCUT2D eigenvalue weighted by molar-refractivity contribution is 6.46. The summed E-state index contributed by atoms with van der Waals surface area (Å²) in [7, 11) is 0. The molecule has 148 valence electrons. The van der Waals surface area contributed by atoms with Gasteiger partial charge in [-0.1, -0.05) is 60.7 Å². The molecule has 0 saturated heterocycles. The fourth-order valence-corrected chi connectivity index (χ4v) is 3.45. The average Bonchev–Trinajstić information content (AvgIpc) is 3.26. The molecular weight excluding hydrogens is 388 g/mol. The monoisotopic (exact) mass is 402 g/mol. The lowest BCUT2D eigenvalue weighted by Gasteiger charge is -2.06. The number of carbonyl (C=O) groups excluding carboxylic acids is 1. The van der Waals surface area contributed by atoms with Crippen LogP contribution in [0.2, 0.25) is 0 Å². The van der Waals surface area contributed by atoms with Crippen LogP contribution in [0.1, 0.15) is 21.5 Å². The molecular formula is C22H14N2O6. The van der Waals surface area contributed by atoms with Crippen molar-refractivity contribution in [1.82, 2.24) is 4.98 Å². The van der Waals surface area contributed by atoms with Crippen molar-refractivity contribution in [1.29, 1.82) is 0 Å². The number of carboxylic acid groups (broad SMARTS) is 2. The van der Waals surface area contributed by atoms with Gasteiger partial charge in [0, 0.05) is 5.56 Å². The molecule has 0 spiro atoms. The Bertz CT molecular complexity index is 1250. The van der Waals surface area contributed by atoms with Crippen molar-refractivity contribution in [2.24, 2.45) is 4.99 Å². The van der Waals surface area contributed by atoms with Crippen LogP contribution in [-0.4, -0.2) is 43.9 Å². The number of carbonyl (C=O) groups is 3. The number of aromatic amines is 1. The van der Waals surface area contributed by atoms with Gasteiger partial charge in [-0.05, 0) is 5.56 Å². The summed E-state index contributed by atoms with van der Waals surface area (Å²) >= 11 is 0. The van der Waals surface area contributed by atoms with E-state index in [0.29, 0.717) is 11.1 Å². The summed E-state index contributed by atoms with van der Waals surface area (Å²) in [6.07, 6.45) is 0.